The highest BCUT2D eigenvalue weighted by Crippen LogP contribution is 2.09. The van der Waals surface area contributed by atoms with E-state index in [2.05, 4.69) is 37.4 Å². The number of halogens is 1. The molecule has 0 unspecified atom stereocenters. The van der Waals surface area contributed by atoms with Gasteiger partial charge in [-0.15, -0.1) is 0 Å². The van der Waals surface area contributed by atoms with Crippen LogP contribution in [0.25, 0.3) is 0 Å². The average molecular weight is 305 g/mol. The second-order valence-electron chi connectivity index (χ2n) is 2.10. The summed E-state index contributed by atoms with van der Waals surface area (Å²) < 4.78 is 5.24. The first kappa shape index (κ1) is 10.7. The summed E-state index contributed by atoms with van der Waals surface area (Å²) in [5.74, 6) is 3.54. The Bertz CT molecular complexity index is 332. The van der Waals surface area contributed by atoms with Gasteiger partial charge in [0, 0.05) is 27.3 Å². The fraction of sp³-hybridized carbons (Fsp3) is 0.222. The molecule has 4 heteroatoms. The lowest BCUT2D eigenvalue weighted by molar-refractivity contribution is 0.326. The van der Waals surface area contributed by atoms with Crippen LogP contribution in [0, 0.1) is 11.2 Å². The van der Waals surface area contributed by atoms with Crippen molar-refractivity contribution in [3.63, 3.8) is 0 Å². The van der Waals surface area contributed by atoms with Gasteiger partial charge in [0.2, 0.25) is 5.88 Å². The number of nitrogens with zero attached hydrogens (tertiary/aromatic N) is 1. The molecule has 0 aliphatic rings. The lowest BCUT2D eigenvalue weighted by Gasteiger charge is -2.00. The van der Waals surface area contributed by atoms with Crippen molar-refractivity contribution < 1.29 is 4.74 Å². The number of aromatic nitrogens is 1. The molecule has 68 valence electrons. The van der Waals surface area contributed by atoms with Crippen LogP contribution in [0.15, 0.2) is 18.2 Å². The molecule has 0 spiro atoms. The van der Waals surface area contributed by atoms with E-state index >= 15 is 0 Å². The molecule has 1 aromatic rings. The monoisotopic (exact) mass is 305 g/mol. The van der Waals surface area contributed by atoms with Gasteiger partial charge in [-0.1, -0.05) is 6.07 Å². The van der Waals surface area contributed by atoms with Gasteiger partial charge in [-0.3, -0.25) is 0 Å². The lowest BCUT2D eigenvalue weighted by atomic mass is 10.4. The van der Waals surface area contributed by atoms with Crippen LogP contribution in [-0.4, -0.2) is 11.6 Å². The predicted octanol–water partition coefficient (Wildman–Crippen LogP) is 2.87. The van der Waals surface area contributed by atoms with Gasteiger partial charge < -0.3 is 4.74 Å². The van der Waals surface area contributed by atoms with Crippen LogP contribution in [0.1, 0.15) is 12.6 Å². The number of rotatable bonds is 2. The molecule has 0 aliphatic carbocycles. The summed E-state index contributed by atoms with van der Waals surface area (Å²) >= 11 is 2.12. The van der Waals surface area contributed by atoms with Crippen LogP contribution >= 0.6 is 30.1 Å². The molecule has 0 saturated carbocycles. The predicted molar refractivity (Wildman–Crippen MR) is 63.9 cm³/mol. The highest BCUT2D eigenvalue weighted by Gasteiger charge is 1.93. The van der Waals surface area contributed by atoms with Crippen molar-refractivity contribution in [2.75, 3.05) is 6.61 Å². The highest BCUT2D eigenvalue weighted by molar-refractivity contribution is 14.2. The lowest BCUT2D eigenvalue weighted by Crippen LogP contribution is -1.94. The van der Waals surface area contributed by atoms with Gasteiger partial charge in [-0.25, -0.2) is 4.98 Å². The Kier molecular flexibility index (Phi) is 5.01. The average Bonchev–Trinajstić information content (AvgIpc) is 2.16. The molecule has 13 heavy (non-hydrogen) atoms. The largest absolute Gasteiger partial charge is 0.478 e. The molecule has 0 atom stereocenters. The second kappa shape index (κ2) is 6.11. The maximum Gasteiger partial charge on any atom is 0.214 e. The number of pyridine rings is 1. The van der Waals surface area contributed by atoms with E-state index in [1.165, 1.54) is 8.93 Å². The normalized spacial score (nSPS) is 8.77. The summed E-state index contributed by atoms with van der Waals surface area (Å²) in [4.78, 5) is 4.19. The minimum absolute atomic E-state index is 0.630. The maximum atomic E-state index is 5.24. The van der Waals surface area contributed by atoms with Crippen molar-refractivity contribution in [1.82, 2.24) is 4.98 Å². The van der Waals surface area contributed by atoms with E-state index < -0.39 is 0 Å². The molecule has 0 aliphatic heterocycles. The molecule has 0 radical (unpaired) electrons. The number of hydrogen-bond donors (Lipinski definition) is 0. The van der Waals surface area contributed by atoms with Gasteiger partial charge in [-0.2, -0.15) is 0 Å². The zero-order chi connectivity index (χ0) is 9.52. The molecular weight excluding hydrogens is 297 g/mol. The molecule has 1 aromatic heterocycles. The van der Waals surface area contributed by atoms with Crippen LogP contribution in [0.5, 0.6) is 5.88 Å². The molecule has 0 fully saturated rings. The van der Waals surface area contributed by atoms with Gasteiger partial charge >= 0.3 is 0 Å². The van der Waals surface area contributed by atoms with Crippen LogP contribution in [-0.2, 0) is 0 Å². The first-order valence-electron chi connectivity index (χ1n) is 3.75. The van der Waals surface area contributed by atoms with Crippen LogP contribution < -0.4 is 4.74 Å². The standard InChI is InChI=1S/C9H8INOS/c1-2-12-9-5-3-4-8(11-9)6-7-13-10/h3-5H,2H2,1H3. The fourth-order valence-corrected chi connectivity index (χ4v) is 1.26. The Labute approximate surface area is 94.1 Å². The van der Waals surface area contributed by atoms with E-state index in [0.717, 1.165) is 5.69 Å². The van der Waals surface area contributed by atoms with Crippen LogP contribution in [0.4, 0.5) is 0 Å². The topological polar surface area (TPSA) is 22.1 Å². The third-order valence-corrected chi connectivity index (χ3v) is 2.07. The Morgan fingerprint density at radius 1 is 1.62 bits per heavy atom. The number of ether oxygens (including phenoxy) is 1. The smallest absolute Gasteiger partial charge is 0.214 e. The number of hydrogen-bond acceptors (Lipinski definition) is 3. The van der Waals surface area contributed by atoms with Crippen LogP contribution in [0.2, 0.25) is 0 Å². The molecule has 2 nitrogen and oxygen atoms in total. The van der Waals surface area contributed by atoms with E-state index in [1.807, 2.05) is 25.1 Å². The van der Waals surface area contributed by atoms with E-state index in [9.17, 15) is 0 Å². The van der Waals surface area contributed by atoms with Crippen molar-refractivity contribution in [3.05, 3.63) is 23.9 Å². The molecule has 0 bridgehead atoms. The third kappa shape index (κ3) is 3.87. The summed E-state index contributed by atoms with van der Waals surface area (Å²) in [7, 11) is 1.44. The van der Waals surface area contributed by atoms with E-state index in [4.69, 9.17) is 4.74 Å². The molecule has 0 saturated heterocycles. The van der Waals surface area contributed by atoms with Crippen molar-refractivity contribution in [3.8, 4) is 17.1 Å². The van der Waals surface area contributed by atoms with E-state index in [-0.39, 0.29) is 0 Å². The van der Waals surface area contributed by atoms with Crippen LogP contribution in [0.3, 0.4) is 0 Å². The quantitative estimate of drug-likeness (QED) is 0.619. The molecular formula is C9H8INOS. The van der Waals surface area contributed by atoms with Crippen molar-refractivity contribution in [1.29, 1.82) is 0 Å². The molecule has 0 amide bonds. The van der Waals surface area contributed by atoms with Crippen molar-refractivity contribution >= 4 is 30.1 Å². The molecule has 1 heterocycles. The zero-order valence-electron chi connectivity index (χ0n) is 7.08. The molecule has 0 aromatic carbocycles. The second-order valence-corrected chi connectivity index (χ2v) is 3.78. The van der Waals surface area contributed by atoms with E-state index in [0.29, 0.717) is 12.5 Å². The summed E-state index contributed by atoms with van der Waals surface area (Å²) in [6.45, 7) is 2.56. The highest BCUT2D eigenvalue weighted by atomic mass is 127. The van der Waals surface area contributed by atoms with E-state index in [1.54, 1.807) is 0 Å². The Morgan fingerprint density at radius 3 is 3.15 bits per heavy atom. The zero-order valence-corrected chi connectivity index (χ0v) is 10.1. The fourth-order valence-electron chi connectivity index (χ4n) is 0.784. The van der Waals surface area contributed by atoms with Gasteiger partial charge in [-0.05, 0) is 33.1 Å². The van der Waals surface area contributed by atoms with Gasteiger partial charge in [0.05, 0.1) is 6.61 Å². The third-order valence-electron chi connectivity index (χ3n) is 1.23. The Hall–Kier alpha value is -0.410. The van der Waals surface area contributed by atoms with Crippen molar-refractivity contribution in [2.24, 2.45) is 0 Å². The first-order valence-corrected chi connectivity index (χ1v) is 7.11. The molecule has 0 N–H and O–H groups in total. The van der Waals surface area contributed by atoms with Gasteiger partial charge in [0.15, 0.2) is 0 Å². The minimum Gasteiger partial charge on any atom is -0.478 e. The molecule has 1 rings (SSSR count). The maximum absolute atomic E-state index is 5.24. The summed E-state index contributed by atoms with van der Waals surface area (Å²) in [6, 6.07) is 5.58. The Balaban J connectivity index is 2.79. The summed E-state index contributed by atoms with van der Waals surface area (Å²) in [5, 5.41) is 2.87. The van der Waals surface area contributed by atoms with Crippen molar-refractivity contribution in [2.45, 2.75) is 6.92 Å². The first-order chi connectivity index (χ1) is 6.36. The summed E-state index contributed by atoms with van der Waals surface area (Å²) in [5.41, 5.74) is 0.745. The minimum atomic E-state index is 0.630. The SMILES string of the molecule is CCOc1cccc(C#CSI)n1. The summed E-state index contributed by atoms with van der Waals surface area (Å²) in [6.07, 6.45) is 0. The van der Waals surface area contributed by atoms with Gasteiger partial charge in [0.1, 0.15) is 5.69 Å². The van der Waals surface area contributed by atoms with Gasteiger partial charge in [0.25, 0.3) is 0 Å². The Morgan fingerprint density at radius 2 is 2.46 bits per heavy atom.